The van der Waals surface area contributed by atoms with Gasteiger partial charge in [-0.05, 0) is 46.4 Å². The highest BCUT2D eigenvalue weighted by Gasteiger charge is 2.46. The molecule has 1 N–H and O–H groups in total. The van der Waals surface area contributed by atoms with Crippen LogP contribution in [0.3, 0.4) is 0 Å². The highest BCUT2D eigenvalue weighted by atomic mass is 19.4. The number of Topliss-reactive ketones (excluding diaryl/α,β-unsaturated/α-hetero) is 1. The maximum atomic E-state index is 13.4. The standard InChI is InChI=1S/C30H28F3NO4/c1-29(2,3)20-13-14-23(38-4)22(16-20)26(35)24-25(19-10-6-5-7-11-19)34(28(37)27(24)36)17-18-9-8-12-21(15-18)30(31,32)33/h5-16,25,35H,17H2,1-4H3/b26-24+. The second-order valence-electron chi connectivity index (χ2n) is 10.2. The Morgan fingerprint density at radius 2 is 1.61 bits per heavy atom. The molecule has 1 amide bonds. The number of carbonyl (C=O) groups excluding carboxylic acids is 2. The molecule has 1 heterocycles. The second kappa shape index (κ2) is 10.0. The molecule has 8 heteroatoms. The van der Waals surface area contributed by atoms with Crippen molar-refractivity contribution in [1.29, 1.82) is 0 Å². The number of methoxy groups -OCH3 is 1. The van der Waals surface area contributed by atoms with Gasteiger partial charge in [-0.2, -0.15) is 13.2 Å². The Kier molecular flexibility index (Phi) is 7.10. The summed E-state index contributed by atoms with van der Waals surface area (Å²) < 4.78 is 45.4. The van der Waals surface area contributed by atoms with Gasteiger partial charge in [-0.15, -0.1) is 0 Å². The van der Waals surface area contributed by atoms with Crippen LogP contribution in [-0.4, -0.2) is 28.8 Å². The summed E-state index contributed by atoms with van der Waals surface area (Å²) in [7, 11) is 1.43. The number of rotatable bonds is 5. The van der Waals surface area contributed by atoms with Gasteiger partial charge in [0.15, 0.2) is 0 Å². The molecule has 3 aromatic rings. The highest BCUT2D eigenvalue weighted by molar-refractivity contribution is 6.46. The van der Waals surface area contributed by atoms with E-state index in [1.807, 2.05) is 26.8 Å². The van der Waals surface area contributed by atoms with E-state index in [0.717, 1.165) is 17.7 Å². The number of benzene rings is 3. The molecule has 0 saturated carbocycles. The Morgan fingerprint density at radius 1 is 0.921 bits per heavy atom. The van der Waals surface area contributed by atoms with E-state index in [1.54, 1.807) is 42.5 Å². The van der Waals surface area contributed by atoms with Gasteiger partial charge in [0.25, 0.3) is 11.7 Å². The molecular weight excluding hydrogens is 495 g/mol. The number of halogens is 3. The van der Waals surface area contributed by atoms with Gasteiger partial charge < -0.3 is 14.7 Å². The summed E-state index contributed by atoms with van der Waals surface area (Å²) >= 11 is 0. The molecule has 5 nitrogen and oxygen atoms in total. The van der Waals surface area contributed by atoms with Crippen LogP contribution < -0.4 is 4.74 Å². The number of ketones is 1. The van der Waals surface area contributed by atoms with Crippen LogP contribution in [-0.2, 0) is 27.7 Å². The number of nitrogens with zero attached hydrogens (tertiary/aromatic N) is 1. The molecule has 1 fully saturated rings. The molecule has 3 aromatic carbocycles. The van der Waals surface area contributed by atoms with Crippen LogP contribution in [0.15, 0.2) is 78.4 Å². The number of ether oxygens (including phenoxy) is 1. The maximum Gasteiger partial charge on any atom is 0.416 e. The van der Waals surface area contributed by atoms with E-state index >= 15 is 0 Å². The summed E-state index contributed by atoms with van der Waals surface area (Å²) in [6.45, 7) is 5.73. The van der Waals surface area contributed by atoms with Crippen LogP contribution in [0.2, 0.25) is 0 Å². The Labute approximate surface area is 219 Å². The minimum Gasteiger partial charge on any atom is -0.507 e. The number of aliphatic hydroxyl groups excluding tert-OH is 1. The SMILES string of the molecule is COc1ccc(C(C)(C)C)cc1/C(O)=C1\C(=O)C(=O)N(Cc2cccc(C(F)(F)F)c2)C1c1ccccc1. The lowest BCUT2D eigenvalue weighted by molar-refractivity contribution is -0.140. The van der Waals surface area contributed by atoms with Gasteiger partial charge in [0.1, 0.15) is 11.5 Å². The van der Waals surface area contributed by atoms with E-state index in [0.29, 0.717) is 11.3 Å². The van der Waals surface area contributed by atoms with Gasteiger partial charge in [-0.25, -0.2) is 0 Å². The fraction of sp³-hybridized carbons (Fsp3) is 0.267. The molecular formula is C30H28F3NO4. The van der Waals surface area contributed by atoms with Crippen LogP contribution in [0.1, 0.15) is 54.6 Å². The smallest absolute Gasteiger partial charge is 0.416 e. The quantitative estimate of drug-likeness (QED) is 0.232. The molecule has 38 heavy (non-hydrogen) atoms. The first-order valence-corrected chi connectivity index (χ1v) is 12.0. The molecule has 1 atom stereocenters. The van der Waals surface area contributed by atoms with Crippen molar-refractivity contribution >= 4 is 17.4 Å². The Balaban J connectivity index is 1.89. The fourth-order valence-electron chi connectivity index (χ4n) is 4.57. The zero-order valence-electron chi connectivity index (χ0n) is 21.5. The minimum atomic E-state index is -4.56. The summed E-state index contributed by atoms with van der Waals surface area (Å²) in [6.07, 6.45) is -4.56. The third-order valence-corrected chi connectivity index (χ3v) is 6.58. The van der Waals surface area contributed by atoms with Crippen LogP contribution in [0.4, 0.5) is 13.2 Å². The average molecular weight is 524 g/mol. The first-order valence-electron chi connectivity index (χ1n) is 12.0. The molecule has 1 aliphatic rings. The monoisotopic (exact) mass is 523 g/mol. The Bertz CT molecular complexity index is 1400. The predicted molar refractivity (Wildman–Crippen MR) is 137 cm³/mol. The largest absolute Gasteiger partial charge is 0.507 e. The molecule has 0 bridgehead atoms. The molecule has 0 aliphatic carbocycles. The summed E-state index contributed by atoms with van der Waals surface area (Å²) in [5, 5.41) is 11.5. The predicted octanol–water partition coefficient (Wildman–Crippen LogP) is 6.63. The number of aliphatic hydroxyl groups is 1. The molecule has 198 valence electrons. The number of alkyl halides is 3. The van der Waals surface area contributed by atoms with E-state index in [-0.39, 0.29) is 28.7 Å². The van der Waals surface area contributed by atoms with E-state index in [9.17, 15) is 27.9 Å². The molecule has 0 radical (unpaired) electrons. The first-order chi connectivity index (χ1) is 17.8. The molecule has 0 spiro atoms. The number of carbonyl (C=O) groups is 2. The first kappa shape index (κ1) is 27.0. The lowest BCUT2D eigenvalue weighted by Gasteiger charge is -2.26. The normalized spacial score (nSPS) is 17.7. The van der Waals surface area contributed by atoms with Gasteiger partial charge in [0.2, 0.25) is 0 Å². The minimum absolute atomic E-state index is 0.155. The van der Waals surface area contributed by atoms with E-state index in [4.69, 9.17) is 4.74 Å². The lowest BCUT2D eigenvalue weighted by Crippen LogP contribution is -2.29. The summed E-state index contributed by atoms with van der Waals surface area (Å²) in [4.78, 5) is 27.9. The summed E-state index contributed by atoms with van der Waals surface area (Å²) in [5.74, 6) is -1.94. The van der Waals surface area contributed by atoms with Crippen LogP contribution in [0.25, 0.3) is 5.76 Å². The molecule has 4 rings (SSSR count). The van der Waals surface area contributed by atoms with E-state index in [1.165, 1.54) is 24.1 Å². The van der Waals surface area contributed by atoms with Crippen molar-refractivity contribution in [3.8, 4) is 5.75 Å². The van der Waals surface area contributed by atoms with E-state index < -0.39 is 35.2 Å². The summed E-state index contributed by atoms with van der Waals surface area (Å²) in [6, 6.07) is 17.5. The van der Waals surface area contributed by atoms with Gasteiger partial charge in [0.05, 0.1) is 29.9 Å². The van der Waals surface area contributed by atoms with Crippen molar-refractivity contribution in [1.82, 2.24) is 4.90 Å². The van der Waals surface area contributed by atoms with Crippen molar-refractivity contribution in [2.45, 2.75) is 44.9 Å². The van der Waals surface area contributed by atoms with Crippen LogP contribution in [0, 0.1) is 0 Å². The van der Waals surface area contributed by atoms with Crippen molar-refractivity contribution < 1.29 is 32.6 Å². The molecule has 1 unspecified atom stereocenters. The average Bonchev–Trinajstić information content (AvgIpc) is 3.12. The van der Waals surface area contributed by atoms with Gasteiger partial charge in [-0.1, -0.05) is 69.3 Å². The van der Waals surface area contributed by atoms with Crippen molar-refractivity contribution in [3.63, 3.8) is 0 Å². The summed E-state index contributed by atoms with van der Waals surface area (Å²) in [5.41, 5.74) is 0.563. The Morgan fingerprint density at radius 3 is 2.21 bits per heavy atom. The fourth-order valence-corrected chi connectivity index (χ4v) is 4.57. The zero-order valence-corrected chi connectivity index (χ0v) is 21.5. The maximum absolute atomic E-state index is 13.4. The zero-order chi connectivity index (χ0) is 27.8. The highest BCUT2D eigenvalue weighted by Crippen LogP contribution is 2.42. The van der Waals surface area contributed by atoms with Crippen molar-refractivity contribution in [2.75, 3.05) is 7.11 Å². The Hall–Kier alpha value is -4.07. The third kappa shape index (κ3) is 5.16. The second-order valence-corrected chi connectivity index (χ2v) is 10.2. The van der Waals surface area contributed by atoms with Crippen molar-refractivity contribution in [3.05, 3.63) is 106 Å². The van der Waals surface area contributed by atoms with Gasteiger partial charge in [-0.3, -0.25) is 9.59 Å². The topological polar surface area (TPSA) is 66.8 Å². The molecule has 0 aromatic heterocycles. The number of hydrogen-bond acceptors (Lipinski definition) is 4. The van der Waals surface area contributed by atoms with Crippen molar-refractivity contribution in [2.24, 2.45) is 0 Å². The van der Waals surface area contributed by atoms with Gasteiger partial charge >= 0.3 is 6.18 Å². The number of amides is 1. The number of likely N-dealkylation sites (tertiary alicyclic amines) is 1. The molecule has 1 saturated heterocycles. The lowest BCUT2D eigenvalue weighted by atomic mass is 9.85. The molecule has 1 aliphatic heterocycles. The van der Waals surface area contributed by atoms with Crippen LogP contribution in [0.5, 0.6) is 5.75 Å². The van der Waals surface area contributed by atoms with Crippen LogP contribution >= 0.6 is 0 Å². The van der Waals surface area contributed by atoms with E-state index in [2.05, 4.69) is 0 Å². The van der Waals surface area contributed by atoms with Gasteiger partial charge in [0, 0.05) is 6.54 Å². The third-order valence-electron chi connectivity index (χ3n) is 6.58. The number of hydrogen-bond donors (Lipinski definition) is 1.